The van der Waals surface area contributed by atoms with Gasteiger partial charge in [-0.15, -0.1) is 0 Å². The molecule has 0 radical (unpaired) electrons. The van der Waals surface area contributed by atoms with Gasteiger partial charge in [-0.25, -0.2) is 4.57 Å². The largest absolute Gasteiger partial charge is 0.424 e. The van der Waals surface area contributed by atoms with Crippen LogP contribution in [0.15, 0.2) is 30.3 Å². The van der Waals surface area contributed by atoms with E-state index < -0.39 is 7.60 Å². The van der Waals surface area contributed by atoms with Crippen LogP contribution in [0.4, 0.5) is 0 Å². The number of hydrogen-bond acceptors (Lipinski definition) is 3. The molecule has 0 saturated heterocycles. The zero-order valence-corrected chi connectivity index (χ0v) is 18.2. The minimum absolute atomic E-state index is 0.505. The van der Waals surface area contributed by atoms with Crippen LogP contribution >= 0.6 is 7.60 Å². The molecule has 3 nitrogen and oxygen atoms in total. The fourth-order valence-electron chi connectivity index (χ4n) is 3.40. The van der Waals surface area contributed by atoms with Gasteiger partial charge in [0.25, 0.3) is 0 Å². The van der Waals surface area contributed by atoms with E-state index in [2.05, 4.69) is 27.7 Å². The third-order valence-corrected chi connectivity index (χ3v) is 7.03. The van der Waals surface area contributed by atoms with Crippen molar-refractivity contribution in [2.75, 3.05) is 12.8 Å². The SMILES string of the molecule is CCCC(CC)CCOP(=O)(CCC(CC)CCC)Oc1ccccc1. The molecule has 0 spiro atoms. The second-order valence-electron chi connectivity index (χ2n) is 7.28. The van der Waals surface area contributed by atoms with Crippen LogP contribution in [0.1, 0.15) is 79.1 Å². The molecule has 0 amide bonds. The standard InChI is InChI=1S/C22H39O3P/c1-5-12-20(7-3)16-18-24-26(23,19-17-21(8-4)13-6-2)25-22-14-10-9-11-15-22/h9-11,14-15,20-21H,5-8,12-13,16-19H2,1-4H3. The number of hydrogen-bond donors (Lipinski definition) is 0. The van der Waals surface area contributed by atoms with Gasteiger partial charge in [-0.2, -0.15) is 0 Å². The molecular weight excluding hydrogens is 343 g/mol. The molecule has 150 valence electrons. The Morgan fingerprint density at radius 1 is 0.846 bits per heavy atom. The second-order valence-corrected chi connectivity index (χ2v) is 9.39. The zero-order chi connectivity index (χ0) is 19.3. The quantitative estimate of drug-likeness (QED) is 0.291. The molecule has 0 N–H and O–H groups in total. The highest BCUT2D eigenvalue weighted by molar-refractivity contribution is 7.54. The summed E-state index contributed by atoms with van der Waals surface area (Å²) in [4.78, 5) is 0. The minimum atomic E-state index is -3.12. The molecule has 0 fully saturated rings. The summed E-state index contributed by atoms with van der Waals surface area (Å²) in [6.07, 6.45) is 9.37. The van der Waals surface area contributed by atoms with Crippen molar-refractivity contribution in [2.24, 2.45) is 11.8 Å². The van der Waals surface area contributed by atoms with Gasteiger partial charge < -0.3 is 4.52 Å². The van der Waals surface area contributed by atoms with Gasteiger partial charge in [0.15, 0.2) is 0 Å². The van der Waals surface area contributed by atoms with E-state index in [0.717, 1.165) is 25.7 Å². The molecule has 0 saturated carbocycles. The van der Waals surface area contributed by atoms with Crippen molar-refractivity contribution >= 4 is 7.60 Å². The molecule has 1 aromatic rings. The lowest BCUT2D eigenvalue weighted by Gasteiger charge is -2.23. The molecule has 1 aromatic carbocycles. The Labute approximate surface area is 161 Å². The molecule has 4 heteroatoms. The molecule has 1 rings (SSSR count). The molecule has 3 unspecified atom stereocenters. The smallest absolute Gasteiger partial charge is 0.379 e. The molecule has 3 atom stereocenters. The van der Waals surface area contributed by atoms with Crippen LogP contribution in [0.2, 0.25) is 0 Å². The van der Waals surface area contributed by atoms with Crippen LogP contribution in [0, 0.1) is 11.8 Å². The van der Waals surface area contributed by atoms with Crippen molar-refractivity contribution in [3.05, 3.63) is 30.3 Å². The van der Waals surface area contributed by atoms with Crippen molar-refractivity contribution in [3.63, 3.8) is 0 Å². The van der Waals surface area contributed by atoms with Crippen LogP contribution in [0.3, 0.4) is 0 Å². The van der Waals surface area contributed by atoms with E-state index in [1.807, 2.05) is 30.3 Å². The van der Waals surface area contributed by atoms with E-state index in [4.69, 9.17) is 9.05 Å². The van der Waals surface area contributed by atoms with E-state index in [-0.39, 0.29) is 0 Å². The third kappa shape index (κ3) is 9.24. The summed E-state index contributed by atoms with van der Waals surface area (Å²) >= 11 is 0. The van der Waals surface area contributed by atoms with Crippen molar-refractivity contribution in [1.82, 2.24) is 0 Å². The predicted molar refractivity (Wildman–Crippen MR) is 112 cm³/mol. The highest BCUT2D eigenvalue weighted by Gasteiger charge is 2.27. The Hall–Kier alpha value is -0.790. The Morgan fingerprint density at radius 2 is 1.42 bits per heavy atom. The Balaban J connectivity index is 2.69. The van der Waals surface area contributed by atoms with Crippen molar-refractivity contribution in [1.29, 1.82) is 0 Å². The summed E-state index contributed by atoms with van der Waals surface area (Å²) in [5, 5.41) is 0. The van der Waals surface area contributed by atoms with Gasteiger partial charge >= 0.3 is 7.60 Å². The van der Waals surface area contributed by atoms with Crippen LogP contribution in [-0.2, 0) is 9.09 Å². The fraction of sp³-hybridized carbons (Fsp3) is 0.727. The van der Waals surface area contributed by atoms with Crippen LogP contribution in [0.5, 0.6) is 5.75 Å². The summed E-state index contributed by atoms with van der Waals surface area (Å²) < 4.78 is 25.2. The van der Waals surface area contributed by atoms with E-state index in [1.165, 1.54) is 25.7 Å². The average Bonchev–Trinajstić information content (AvgIpc) is 2.65. The molecule has 0 aliphatic rings. The normalized spacial score (nSPS) is 16.0. The number of benzene rings is 1. The first kappa shape index (κ1) is 23.2. The zero-order valence-electron chi connectivity index (χ0n) is 17.3. The maximum absolute atomic E-state index is 13.4. The summed E-state index contributed by atoms with van der Waals surface area (Å²) in [5.41, 5.74) is 0. The highest BCUT2D eigenvalue weighted by Crippen LogP contribution is 2.50. The second kappa shape index (κ2) is 13.4. The highest BCUT2D eigenvalue weighted by atomic mass is 31.2. The van der Waals surface area contributed by atoms with Gasteiger partial charge in [0.2, 0.25) is 0 Å². The molecule has 0 aromatic heterocycles. The Morgan fingerprint density at radius 3 is 1.96 bits per heavy atom. The Bertz CT molecular complexity index is 503. The van der Waals surface area contributed by atoms with Gasteiger partial charge in [-0.3, -0.25) is 4.52 Å². The van der Waals surface area contributed by atoms with E-state index in [0.29, 0.717) is 30.4 Å². The molecule has 0 bridgehead atoms. The third-order valence-electron chi connectivity index (χ3n) is 5.16. The first-order valence-electron chi connectivity index (χ1n) is 10.5. The maximum atomic E-state index is 13.4. The van der Waals surface area contributed by atoms with Crippen molar-refractivity contribution < 1.29 is 13.6 Å². The van der Waals surface area contributed by atoms with Gasteiger partial charge in [0.05, 0.1) is 12.8 Å². The number of rotatable bonds is 15. The topological polar surface area (TPSA) is 35.5 Å². The monoisotopic (exact) mass is 382 g/mol. The molecule has 0 heterocycles. The van der Waals surface area contributed by atoms with Crippen LogP contribution < -0.4 is 4.52 Å². The summed E-state index contributed by atoms with van der Waals surface area (Å²) in [6.45, 7) is 9.37. The predicted octanol–water partition coefficient (Wildman–Crippen LogP) is 7.71. The van der Waals surface area contributed by atoms with Gasteiger partial charge in [0, 0.05) is 0 Å². The lowest BCUT2D eigenvalue weighted by Crippen LogP contribution is -2.10. The lowest BCUT2D eigenvalue weighted by atomic mass is 9.98. The van der Waals surface area contributed by atoms with E-state index in [1.54, 1.807) is 0 Å². The van der Waals surface area contributed by atoms with Gasteiger partial charge in [0.1, 0.15) is 5.75 Å². The average molecular weight is 383 g/mol. The summed E-state index contributed by atoms with van der Waals surface area (Å²) in [6, 6.07) is 9.44. The van der Waals surface area contributed by atoms with Gasteiger partial charge in [-0.1, -0.05) is 84.4 Å². The number of para-hydroxylation sites is 1. The first-order valence-corrected chi connectivity index (χ1v) is 12.3. The maximum Gasteiger partial charge on any atom is 0.379 e. The van der Waals surface area contributed by atoms with Crippen molar-refractivity contribution in [2.45, 2.75) is 79.1 Å². The molecular formula is C22H39O3P. The first-order chi connectivity index (χ1) is 12.6. The molecule has 0 aliphatic carbocycles. The fourth-order valence-corrected chi connectivity index (χ4v) is 5.18. The van der Waals surface area contributed by atoms with E-state index >= 15 is 0 Å². The van der Waals surface area contributed by atoms with Crippen molar-refractivity contribution in [3.8, 4) is 5.75 Å². The molecule has 0 aliphatic heterocycles. The van der Waals surface area contributed by atoms with Gasteiger partial charge in [-0.05, 0) is 36.8 Å². The minimum Gasteiger partial charge on any atom is -0.424 e. The van der Waals surface area contributed by atoms with Crippen LogP contribution in [0.25, 0.3) is 0 Å². The lowest BCUT2D eigenvalue weighted by molar-refractivity contribution is 0.233. The summed E-state index contributed by atoms with van der Waals surface area (Å²) in [5.74, 6) is 1.88. The summed E-state index contributed by atoms with van der Waals surface area (Å²) in [7, 11) is -3.12. The van der Waals surface area contributed by atoms with Crippen LogP contribution in [-0.4, -0.2) is 12.8 Å². The van der Waals surface area contributed by atoms with E-state index in [9.17, 15) is 4.57 Å². The Kier molecular flexibility index (Phi) is 12.0. The molecule has 26 heavy (non-hydrogen) atoms.